The van der Waals surface area contributed by atoms with Crippen molar-refractivity contribution in [2.45, 2.75) is 0 Å². The molecule has 0 radical (unpaired) electrons. The van der Waals surface area contributed by atoms with Gasteiger partial charge in [0, 0.05) is 17.6 Å². The number of carbonyl (C=O) groups is 1. The number of rotatable bonds is 1. The SMILES string of the molecule is O=C(c1cccc(Br)c1Cl)N1CC=CC1. The first-order chi connectivity index (χ1) is 7.20. The normalized spacial score (nSPS) is 14.7. The second-order valence-corrected chi connectivity index (χ2v) is 4.52. The molecular formula is C11H9BrClNO. The van der Waals surface area contributed by atoms with Crippen LogP contribution in [0.5, 0.6) is 0 Å². The Morgan fingerprint density at radius 3 is 2.67 bits per heavy atom. The first-order valence-corrected chi connectivity index (χ1v) is 5.75. The fraction of sp³-hybridized carbons (Fsp3) is 0.182. The van der Waals surface area contributed by atoms with Crippen molar-refractivity contribution in [1.29, 1.82) is 0 Å². The van der Waals surface area contributed by atoms with Crippen LogP contribution < -0.4 is 0 Å². The van der Waals surface area contributed by atoms with Gasteiger partial charge in [0.2, 0.25) is 0 Å². The van der Waals surface area contributed by atoms with Crippen LogP contribution in [0, 0.1) is 0 Å². The van der Waals surface area contributed by atoms with Crippen molar-refractivity contribution in [3.63, 3.8) is 0 Å². The van der Waals surface area contributed by atoms with E-state index in [2.05, 4.69) is 15.9 Å². The van der Waals surface area contributed by atoms with Crippen molar-refractivity contribution >= 4 is 33.4 Å². The molecule has 1 aliphatic rings. The Balaban J connectivity index is 2.29. The molecule has 0 saturated carbocycles. The van der Waals surface area contributed by atoms with E-state index < -0.39 is 0 Å². The molecule has 1 heterocycles. The van der Waals surface area contributed by atoms with Gasteiger partial charge in [-0.1, -0.05) is 29.8 Å². The van der Waals surface area contributed by atoms with Gasteiger partial charge < -0.3 is 4.90 Å². The van der Waals surface area contributed by atoms with Crippen LogP contribution in [-0.2, 0) is 0 Å². The predicted molar refractivity (Wildman–Crippen MR) is 64.2 cm³/mol. The van der Waals surface area contributed by atoms with Gasteiger partial charge in [-0.3, -0.25) is 4.79 Å². The molecule has 0 bridgehead atoms. The average molecular weight is 287 g/mol. The lowest BCUT2D eigenvalue weighted by Gasteiger charge is -2.16. The lowest BCUT2D eigenvalue weighted by Crippen LogP contribution is -2.28. The second kappa shape index (κ2) is 4.37. The quantitative estimate of drug-likeness (QED) is 0.726. The maximum absolute atomic E-state index is 12.0. The molecule has 78 valence electrons. The van der Waals surface area contributed by atoms with E-state index in [1.54, 1.807) is 11.0 Å². The van der Waals surface area contributed by atoms with Crippen LogP contribution in [0.15, 0.2) is 34.8 Å². The molecule has 0 spiro atoms. The molecule has 4 heteroatoms. The highest BCUT2D eigenvalue weighted by molar-refractivity contribution is 9.10. The molecule has 1 amide bonds. The van der Waals surface area contributed by atoms with Gasteiger partial charge in [-0.25, -0.2) is 0 Å². The number of benzene rings is 1. The third-order valence-corrected chi connectivity index (χ3v) is 3.58. The minimum atomic E-state index is -0.0219. The molecule has 0 aromatic heterocycles. The summed E-state index contributed by atoms with van der Waals surface area (Å²) in [5, 5.41) is 0.481. The van der Waals surface area contributed by atoms with Gasteiger partial charge in [0.15, 0.2) is 0 Å². The summed E-state index contributed by atoms with van der Waals surface area (Å²) in [6, 6.07) is 5.38. The first kappa shape index (κ1) is 10.7. The van der Waals surface area contributed by atoms with Gasteiger partial charge in [0.05, 0.1) is 10.6 Å². The lowest BCUT2D eigenvalue weighted by molar-refractivity contribution is 0.0800. The molecule has 1 aliphatic heterocycles. The van der Waals surface area contributed by atoms with Crippen LogP contribution in [0.1, 0.15) is 10.4 Å². The third-order valence-electron chi connectivity index (χ3n) is 2.29. The Labute approximate surface area is 102 Å². The Hall–Kier alpha value is -0.800. The molecule has 0 saturated heterocycles. The number of amides is 1. The van der Waals surface area contributed by atoms with Gasteiger partial charge in [-0.15, -0.1) is 0 Å². The van der Waals surface area contributed by atoms with E-state index in [9.17, 15) is 4.79 Å². The molecule has 15 heavy (non-hydrogen) atoms. The summed E-state index contributed by atoms with van der Waals surface area (Å²) in [6.45, 7) is 1.34. The van der Waals surface area contributed by atoms with Gasteiger partial charge >= 0.3 is 0 Å². The molecule has 0 N–H and O–H groups in total. The van der Waals surface area contributed by atoms with Crippen molar-refractivity contribution in [2.24, 2.45) is 0 Å². The zero-order valence-corrected chi connectivity index (χ0v) is 10.3. The van der Waals surface area contributed by atoms with E-state index in [1.165, 1.54) is 0 Å². The van der Waals surface area contributed by atoms with Gasteiger partial charge in [0.25, 0.3) is 5.91 Å². The molecular weight excluding hydrogens is 277 g/mol. The second-order valence-electron chi connectivity index (χ2n) is 3.28. The number of carbonyl (C=O) groups excluding carboxylic acids is 1. The van der Waals surface area contributed by atoms with E-state index in [0.29, 0.717) is 23.7 Å². The summed E-state index contributed by atoms with van der Waals surface area (Å²) in [6.07, 6.45) is 3.95. The van der Waals surface area contributed by atoms with E-state index in [0.717, 1.165) is 4.47 Å². The Morgan fingerprint density at radius 2 is 2.00 bits per heavy atom. The maximum Gasteiger partial charge on any atom is 0.255 e. The molecule has 2 rings (SSSR count). The Kier molecular flexibility index (Phi) is 3.12. The summed E-state index contributed by atoms with van der Waals surface area (Å²) in [5.41, 5.74) is 0.551. The lowest BCUT2D eigenvalue weighted by atomic mass is 10.2. The summed E-state index contributed by atoms with van der Waals surface area (Å²) < 4.78 is 0.752. The molecule has 1 aromatic rings. The fourth-order valence-electron chi connectivity index (χ4n) is 1.48. The van der Waals surface area contributed by atoms with Crippen LogP contribution >= 0.6 is 27.5 Å². The zero-order chi connectivity index (χ0) is 10.8. The van der Waals surface area contributed by atoms with E-state index in [-0.39, 0.29) is 5.91 Å². The largest absolute Gasteiger partial charge is 0.331 e. The van der Waals surface area contributed by atoms with Crippen molar-refractivity contribution < 1.29 is 4.79 Å². The standard InChI is InChI=1S/C11H9BrClNO/c12-9-5-3-4-8(10(9)13)11(15)14-6-1-2-7-14/h1-5H,6-7H2. The van der Waals surface area contributed by atoms with Gasteiger partial charge in [0.1, 0.15) is 0 Å². The predicted octanol–water partition coefficient (Wildman–Crippen LogP) is 3.11. The first-order valence-electron chi connectivity index (χ1n) is 4.58. The van der Waals surface area contributed by atoms with E-state index >= 15 is 0 Å². The molecule has 0 aliphatic carbocycles. The molecule has 1 aromatic carbocycles. The summed E-state index contributed by atoms with van der Waals surface area (Å²) >= 11 is 9.36. The van der Waals surface area contributed by atoms with Crippen LogP contribution in [0.4, 0.5) is 0 Å². The highest BCUT2D eigenvalue weighted by Gasteiger charge is 2.19. The van der Waals surface area contributed by atoms with Gasteiger partial charge in [-0.05, 0) is 28.1 Å². The van der Waals surface area contributed by atoms with Crippen LogP contribution in [0.2, 0.25) is 5.02 Å². The molecule has 0 unspecified atom stereocenters. The van der Waals surface area contributed by atoms with Crippen LogP contribution in [-0.4, -0.2) is 23.9 Å². The van der Waals surface area contributed by atoms with E-state index in [1.807, 2.05) is 24.3 Å². The van der Waals surface area contributed by atoms with Crippen LogP contribution in [0.25, 0.3) is 0 Å². The monoisotopic (exact) mass is 285 g/mol. The van der Waals surface area contributed by atoms with Crippen molar-refractivity contribution in [3.05, 3.63) is 45.4 Å². The zero-order valence-electron chi connectivity index (χ0n) is 7.91. The molecule has 0 atom stereocenters. The van der Waals surface area contributed by atoms with Crippen LogP contribution in [0.3, 0.4) is 0 Å². The Bertz CT molecular complexity index is 423. The minimum Gasteiger partial charge on any atom is -0.331 e. The number of nitrogens with zero attached hydrogens (tertiary/aromatic N) is 1. The number of halogens is 2. The van der Waals surface area contributed by atoms with Crippen molar-refractivity contribution in [2.75, 3.05) is 13.1 Å². The third kappa shape index (κ3) is 2.08. The fourth-order valence-corrected chi connectivity index (χ4v) is 2.06. The van der Waals surface area contributed by atoms with Crippen molar-refractivity contribution in [1.82, 2.24) is 4.90 Å². The maximum atomic E-state index is 12.0. The van der Waals surface area contributed by atoms with Crippen molar-refractivity contribution in [3.8, 4) is 0 Å². The highest BCUT2D eigenvalue weighted by Crippen LogP contribution is 2.27. The molecule has 2 nitrogen and oxygen atoms in total. The summed E-state index contributed by atoms with van der Waals surface area (Å²) in [4.78, 5) is 13.7. The summed E-state index contributed by atoms with van der Waals surface area (Å²) in [5.74, 6) is -0.0219. The summed E-state index contributed by atoms with van der Waals surface area (Å²) in [7, 11) is 0. The topological polar surface area (TPSA) is 20.3 Å². The number of hydrogen-bond donors (Lipinski definition) is 0. The number of hydrogen-bond acceptors (Lipinski definition) is 1. The average Bonchev–Trinajstić information content (AvgIpc) is 2.74. The minimum absolute atomic E-state index is 0.0219. The Morgan fingerprint density at radius 1 is 1.33 bits per heavy atom. The molecule has 0 fully saturated rings. The smallest absolute Gasteiger partial charge is 0.255 e. The highest BCUT2D eigenvalue weighted by atomic mass is 79.9. The van der Waals surface area contributed by atoms with Gasteiger partial charge in [-0.2, -0.15) is 0 Å². The van der Waals surface area contributed by atoms with E-state index in [4.69, 9.17) is 11.6 Å².